The van der Waals surface area contributed by atoms with Crippen LogP contribution in [0.3, 0.4) is 0 Å². The van der Waals surface area contributed by atoms with Gasteiger partial charge in [-0.2, -0.15) is 0 Å². The summed E-state index contributed by atoms with van der Waals surface area (Å²) in [5.41, 5.74) is 0. The lowest BCUT2D eigenvalue weighted by Crippen LogP contribution is -2.31. The van der Waals surface area contributed by atoms with Gasteiger partial charge in [0.15, 0.2) is 0 Å². The van der Waals surface area contributed by atoms with Crippen LogP contribution in [0.15, 0.2) is 21.7 Å². The summed E-state index contributed by atoms with van der Waals surface area (Å²) in [6, 6.07) is 4.97. The molecule has 15 heavy (non-hydrogen) atoms. The van der Waals surface area contributed by atoms with Crippen molar-refractivity contribution in [2.45, 2.75) is 49.1 Å². The average Bonchev–Trinajstić information content (AvgIpc) is 2.68. The summed E-state index contributed by atoms with van der Waals surface area (Å²) in [5.74, 6) is 0. The van der Waals surface area contributed by atoms with Crippen molar-refractivity contribution < 1.29 is 0 Å². The number of thioether (sulfide) groups is 1. The molecule has 0 spiro atoms. The van der Waals surface area contributed by atoms with Crippen LogP contribution in [-0.2, 0) is 0 Å². The molecule has 3 heteroatoms. The average molecular weight is 243 g/mol. The number of thiophene rings is 1. The van der Waals surface area contributed by atoms with E-state index in [0.29, 0.717) is 11.3 Å². The van der Waals surface area contributed by atoms with Gasteiger partial charge in [0.1, 0.15) is 0 Å². The maximum absolute atomic E-state index is 3.58. The molecule has 0 saturated carbocycles. The Labute approximate surface area is 102 Å². The third-order valence-electron chi connectivity index (χ3n) is 2.29. The summed E-state index contributed by atoms with van der Waals surface area (Å²) in [5, 5.41) is 6.38. The smallest absolute Gasteiger partial charge is 0.0601 e. The number of nitrogens with one attached hydrogen (secondary N) is 1. The van der Waals surface area contributed by atoms with Gasteiger partial charge in [-0.25, -0.2) is 0 Å². The molecule has 0 amide bonds. The van der Waals surface area contributed by atoms with E-state index < -0.39 is 0 Å². The maximum atomic E-state index is 3.58. The first-order chi connectivity index (χ1) is 7.22. The molecule has 0 aliphatic rings. The van der Waals surface area contributed by atoms with Crippen molar-refractivity contribution in [3.8, 4) is 0 Å². The highest BCUT2D eigenvalue weighted by molar-refractivity contribution is 8.01. The normalized spacial score (nSPS) is 15.1. The lowest BCUT2D eigenvalue weighted by atomic mass is 10.2. The van der Waals surface area contributed by atoms with Gasteiger partial charge < -0.3 is 5.32 Å². The summed E-state index contributed by atoms with van der Waals surface area (Å²) in [7, 11) is 0. The quantitative estimate of drug-likeness (QED) is 0.726. The minimum Gasteiger partial charge on any atom is -0.313 e. The fourth-order valence-electron chi connectivity index (χ4n) is 1.47. The van der Waals surface area contributed by atoms with Crippen molar-refractivity contribution in [2.75, 3.05) is 6.54 Å². The van der Waals surface area contributed by atoms with E-state index in [1.54, 1.807) is 0 Å². The summed E-state index contributed by atoms with van der Waals surface area (Å²) in [4.78, 5) is 0. The van der Waals surface area contributed by atoms with Gasteiger partial charge in [0.05, 0.1) is 4.21 Å². The van der Waals surface area contributed by atoms with E-state index in [1.807, 2.05) is 23.1 Å². The predicted octanol–water partition coefficient (Wildman–Crippen LogP) is 4.01. The first-order valence-electron chi connectivity index (χ1n) is 5.66. The highest BCUT2D eigenvalue weighted by atomic mass is 32.2. The van der Waals surface area contributed by atoms with Gasteiger partial charge in [0.25, 0.3) is 0 Å². The second-order valence-corrected chi connectivity index (χ2v) is 6.64. The van der Waals surface area contributed by atoms with Crippen molar-refractivity contribution in [2.24, 2.45) is 0 Å². The molecule has 0 fully saturated rings. The van der Waals surface area contributed by atoms with E-state index in [2.05, 4.69) is 43.6 Å². The fraction of sp³-hybridized carbons (Fsp3) is 0.667. The highest BCUT2D eigenvalue weighted by Crippen LogP contribution is 2.27. The standard InChI is InChI=1S/C12H21NS2/c1-4-6-10(2)13-9-11(3)15-12-7-5-8-14-12/h5,7-8,10-11,13H,4,6,9H2,1-3H3. The van der Waals surface area contributed by atoms with Crippen LogP contribution in [0.25, 0.3) is 0 Å². The van der Waals surface area contributed by atoms with Gasteiger partial charge in [0.2, 0.25) is 0 Å². The van der Waals surface area contributed by atoms with E-state index in [1.165, 1.54) is 17.1 Å². The Morgan fingerprint density at radius 3 is 2.87 bits per heavy atom. The molecular formula is C12H21NS2. The zero-order valence-corrected chi connectivity index (χ0v) is 11.5. The summed E-state index contributed by atoms with van der Waals surface area (Å²) in [6.45, 7) is 7.90. The van der Waals surface area contributed by atoms with Gasteiger partial charge in [-0.1, -0.05) is 26.3 Å². The van der Waals surface area contributed by atoms with E-state index in [4.69, 9.17) is 0 Å². The van der Waals surface area contributed by atoms with Crippen molar-refractivity contribution in [3.63, 3.8) is 0 Å². The fourth-order valence-corrected chi connectivity index (χ4v) is 3.54. The van der Waals surface area contributed by atoms with Gasteiger partial charge in [-0.15, -0.1) is 23.1 Å². The third kappa shape index (κ3) is 5.59. The molecule has 1 N–H and O–H groups in total. The Bertz CT molecular complexity index is 246. The van der Waals surface area contributed by atoms with Gasteiger partial charge in [-0.3, -0.25) is 0 Å². The lowest BCUT2D eigenvalue weighted by molar-refractivity contribution is 0.511. The van der Waals surface area contributed by atoms with Crippen LogP contribution < -0.4 is 5.32 Å². The number of rotatable bonds is 7. The second-order valence-electron chi connectivity index (χ2n) is 3.96. The zero-order chi connectivity index (χ0) is 11.1. The Morgan fingerprint density at radius 2 is 2.27 bits per heavy atom. The molecule has 2 atom stereocenters. The van der Waals surface area contributed by atoms with Crippen LogP contribution in [0.4, 0.5) is 0 Å². The minimum atomic E-state index is 0.654. The van der Waals surface area contributed by atoms with E-state index in [-0.39, 0.29) is 0 Å². The summed E-state index contributed by atoms with van der Waals surface area (Å²) < 4.78 is 1.42. The van der Waals surface area contributed by atoms with Gasteiger partial charge in [-0.05, 0) is 24.8 Å². The molecule has 1 aromatic rings. The SMILES string of the molecule is CCCC(C)NCC(C)Sc1cccs1. The largest absolute Gasteiger partial charge is 0.313 e. The molecule has 0 aromatic carbocycles. The lowest BCUT2D eigenvalue weighted by Gasteiger charge is -2.16. The van der Waals surface area contributed by atoms with Crippen molar-refractivity contribution in [1.29, 1.82) is 0 Å². The van der Waals surface area contributed by atoms with Crippen molar-refractivity contribution in [1.82, 2.24) is 5.32 Å². The minimum absolute atomic E-state index is 0.654. The van der Waals surface area contributed by atoms with Crippen LogP contribution in [0.5, 0.6) is 0 Å². The molecule has 0 saturated heterocycles. The summed E-state index contributed by atoms with van der Waals surface area (Å²) >= 11 is 3.80. The molecule has 1 nitrogen and oxygen atoms in total. The monoisotopic (exact) mass is 243 g/mol. The molecule has 2 unspecified atom stereocenters. The molecule has 0 aliphatic carbocycles. The van der Waals surface area contributed by atoms with E-state index in [9.17, 15) is 0 Å². The van der Waals surface area contributed by atoms with Crippen molar-refractivity contribution >= 4 is 23.1 Å². The first-order valence-corrected chi connectivity index (χ1v) is 7.41. The van der Waals surface area contributed by atoms with Crippen LogP contribution >= 0.6 is 23.1 Å². The predicted molar refractivity (Wildman–Crippen MR) is 72.0 cm³/mol. The van der Waals surface area contributed by atoms with E-state index in [0.717, 1.165) is 6.54 Å². The molecule has 0 aliphatic heterocycles. The summed E-state index contributed by atoms with van der Waals surface area (Å²) in [6.07, 6.45) is 2.54. The topological polar surface area (TPSA) is 12.0 Å². The third-order valence-corrected chi connectivity index (χ3v) is 4.46. The molecule has 86 valence electrons. The Morgan fingerprint density at radius 1 is 1.47 bits per heavy atom. The van der Waals surface area contributed by atoms with E-state index >= 15 is 0 Å². The highest BCUT2D eigenvalue weighted by Gasteiger charge is 2.06. The van der Waals surface area contributed by atoms with Crippen LogP contribution in [0, 0.1) is 0 Å². The Balaban J connectivity index is 2.16. The molecule has 1 rings (SSSR count). The first kappa shape index (κ1) is 13.1. The molecular weight excluding hydrogens is 222 g/mol. The maximum Gasteiger partial charge on any atom is 0.0601 e. The van der Waals surface area contributed by atoms with Crippen LogP contribution in [-0.4, -0.2) is 17.8 Å². The van der Waals surface area contributed by atoms with Crippen LogP contribution in [0.1, 0.15) is 33.6 Å². The molecule has 1 aromatic heterocycles. The second kappa shape index (κ2) is 7.31. The Kier molecular flexibility index (Phi) is 6.37. The molecule has 0 bridgehead atoms. The van der Waals surface area contributed by atoms with Crippen LogP contribution in [0.2, 0.25) is 0 Å². The number of hydrogen-bond acceptors (Lipinski definition) is 3. The van der Waals surface area contributed by atoms with Gasteiger partial charge >= 0.3 is 0 Å². The van der Waals surface area contributed by atoms with Gasteiger partial charge in [0, 0.05) is 17.8 Å². The zero-order valence-electron chi connectivity index (χ0n) is 9.82. The Hall–Kier alpha value is 0.01000. The molecule has 1 heterocycles. The van der Waals surface area contributed by atoms with Crippen molar-refractivity contribution in [3.05, 3.63) is 17.5 Å². The molecule has 0 radical (unpaired) electrons. The number of hydrogen-bond donors (Lipinski definition) is 1.